The third-order valence-corrected chi connectivity index (χ3v) is 6.06. The summed E-state index contributed by atoms with van der Waals surface area (Å²) in [6.45, 7) is 6.53. The molecule has 0 aliphatic heterocycles. The monoisotopic (exact) mass is 472 g/mol. The van der Waals surface area contributed by atoms with E-state index in [0.29, 0.717) is 11.3 Å². The van der Waals surface area contributed by atoms with Crippen LogP contribution in [0.2, 0.25) is 0 Å². The van der Waals surface area contributed by atoms with Gasteiger partial charge in [-0.3, -0.25) is 9.59 Å². The zero-order valence-corrected chi connectivity index (χ0v) is 20.0. The lowest BCUT2D eigenvalue weighted by Crippen LogP contribution is -2.55. The molecule has 1 aliphatic carbocycles. The fraction of sp³-hybridized carbons (Fsp3) is 0.520. The van der Waals surface area contributed by atoms with E-state index < -0.39 is 29.9 Å². The summed E-state index contributed by atoms with van der Waals surface area (Å²) in [5, 5.41) is 15.3. The molecular formula is C25H32N2O7. The molecule has 0 saturated heterocycles. The second kappa shape index (κ2) is 10.7. The molecule has 1 aromatic carbocycles. The number of carboxylic acid groups (broad SMARTS) is 1. The standard InChI is InChI=1S/C25H32N2O7/c1-13(2)21(23(29)27-22(14(3)4)24(30)31)26-20(28)12-33-15-9-10-17-16-7-5-6-8-18(16)25(32)34-19(17)11-15/h9-11,13-14,21-22H,5-8,12H2,1-4H3,(H,26,28)(H,27,29)(H,30,31)/t21-,22+/m0/s1. The first-order valence-corrected chi connectivity index (χ1v) is 11.6. The van der Waals surface area contributed by atoms with Crippen molar-refractivity contribution in [3.05, 3.63) is 39.7 Å². The van der Waals surface area contributed by atoms with Gasteiger partial charge in [-0.05, 0) is 55.2 Å². The SMILES string of the molecule is CC(C)[C@H](NC(=O)COc1ccc2c3c(c(=O)oc2c1)CCCC3)C(=O)N[C@@H](C(=O)O)C(C)C. The predicted octanol–water partition coefficient (Wildman–Crippen LogP) is 2.42. The van der Waals surface area contributed by atoms with Gasteiger partial charge in [-0.15, -0.1) is 0 Å². The van der Waals surface area contributed by atoms with Crippen molar-refractivity contribution in [1.29, 1.82) is 0 Å². The first-order chi connectivity index (χ1) is 16.1. The highest BCUT2D eigenvalue weighted by Crippen LogP contribution is 2.29. The lowest BCUT2D eigenvalue weighted by atomic mass is 9.91. The Hall–Kier alpha value is -3.36. The molecule has 9 heteroatoms. The van der Waals surface area contributed by atoms with Crippen LogP contribution in [0, 0.1) is 11.8 Å². The molecule has 3 N–H and O–H groups in total. The molecule has 0 radical (unpaired) electrons. The van der Waals surface area contributed by atoms with Gasteiger partial charge in [0, 0.05) is 17.0 Å². The average molecular weight is 473 g/mol. The fourth-order valence-corrected chi connectivity index (χ4v) is 4.17. The number of nitrogens with one attached hydrogen (secondary N) is 2. The highest BCUT2D eigenvalue weighted by atomic mass is 16.5. The number of hydrogen-bond acceptors (Lipinski definition) is 6. The van der Waals surface area contributed by atoms with Crippen LogP contribution in [0.25, 0.3) is 11.0 Å². The highest BCUT2D eigenvalue weighted by molar-refractivity contribution is 5.91. The summed E-state index contributed by atoms with van der Waals surface area (Å²) in [6.07, 6.45) is 3.56. The van der Waals surface area contributed by atoms with Crippen LogP contribution in [0.3, 0.4) is 0 Å². The minimum absolute atomic E-state index is 0.272. The number of fused-ring (bicyclic) bond motifs is 3. The van der Waals surface area contributed by atoms with Gasteiger partial charge in [0.15, 0.2) is 6.61 Å². The summed E-state index contributed by atoms with van der Waals surface area (Å²) in [5.41, 5.74) is 1.85. The molecule has 0 fully saturated rings. The normalized spacial score (nSPS) is 15.0. The second-order valence-electron chi connectivity index (χ2n) is 9.36. The summed E-state index contributed by atoms with van der Waals surface area (Å²) in [7, 11) is 0. The van der Waals surface area contributed by atoms with Crippen LogP contribution >= 0.6 is 0 Å². The molecular weight excluding hydrogens is 440 g/mol. The Morgan fingerprint density at radius 2 is 1.65 bits per heavy atom. The van der Waals surface area contributed by atoms with E-state index in [1.165, 1.54) is 0 Å². The average Bonchev–Trinajstić information content (AvgIpc) is 2.78. The minimum Gasteiger partial charge on any atom is -0.484 e. The summed E-state index contributed by atoms with van der Waals surface area (Å²) < 4.78 is 11.1. The topological polar surface area (TPSA) is 135 Å². The van der Waals surface area contributed by atoms with E-state index in [-0.39, 0.29) is 24.1 Å². The molecule has 3 rings (SSSR count). The minimum atomic E-state index is -1.13. The lowest BCUT2D eigenvalue weighted by Gasteiger charge is -2.25. The van der Waals surface area contributed by atoms with E-state index in [1.807, 2.05) is 6.07 Å². The van der Waals surface area contributed by atoms with Crippen LogP contribution in [-0.2, 0) is 27.2 Å². The molecule has 9 nitrogen and oxygen atoms in total. The zero-order valence-electron chi connectivity index (χ0n) is 20.0. The van der Waals surface area contributed by atoms with Gasteiger partial charge in [0.1, 0.15) is 23.4 Å². The van der Waals surface area contributed by atoms with Crippen molar-refractivity contribution < 1.29 is 28.6 Å². The van der Waals surface area contributed by atoms with Gasteiger partial charge in [0.25, 0.3) is 5.91 Å². The number of rotatable bonds is 9. The van der Waals surface area contributed by atoms with Crippen molar-refractivity contribution >= 4 is 28.8 Å². The molecule has 0 saturated carbocycles. The Labute approximate surface area is 197 Å². The molecule has 2 amide bonds. The van der Waals surface area contributed by atoms with Crippen molar-refractivity contribution in [3.8, 4) is 5.75 Å². The summed E-state index contributed by atoms with van der Waals surface area (Å²) >= 11 is 0. The van der Waals surface area contributed by atoms with Gasteiger partial charge < -0.3 is 24.9 Å². The zero-order chi connectivity index (χ0) is 25.0. The number of benzene rings is 1. The maximum atomic E-state index is 12.6. The van der Waals surface area contributed by atoms with Crippen LogP contribution in [0.1, 0.15) is 51.7 Å². The van der Waals surface area contributed by atoms with Crippen molar-refractivity contribution in [2.45, 2.75) is 65.5 Å². The number of carbonyl (C=O) groups is 3. The Balaban J connectivity index is 1.66. The van der Waals surface area contributed by atoms with E-state index in [4.69, 9.17) is 9.15 Å². The third kappa shape index (κ3) is 5.76. The number of aliphatic carboxylic acids is 1. The van der Waals surface area contributed by atoms with Gasteiger partial charge >= 0.3 is 11.6 Å². The Morgan fingerprint density at radius 1 is 1.00 bits per heavy atom. The summed E-state index contributed by atoms with van der Waals surface area (Å²) in [4.78, 5) is 48.8. The molecule has 1 aliphatic rings. The predicted molar refractivity (Wildman–Crippen MR) is 126 cm³/mol. The molecule has 2 aromatic rings. The van der Waals surface area contributed by atoms with Crippen molar-refractivity contribution in [1.82, 2.24) is 10.6 Å². The second-order valence-corrected chi connectivity index (χ2v) is 9.36. The van der Waals surface area contributed by atoms with Crippen molar-refractivity contribution in [2.75, 3.05) is 6.61 Å². The Kier molecular flexibility index (Phi) is 7.96. The van der Waals surface area contributed by atoms with E-state index in [1.54, 1.807) is 39.8 Å². The first kappa shape index (κ1) is 25.3. The van der Waals surface area contributed by atoms with Crippen LogP contribution in [0.5, 0.6) is 5.75 Å². The summed E-state index contributed by atoms with van der Waals surface area (Å²) in [6, 6.07) is 3.17. The number of hydrogen-bond donors (Lipinski definition) is 3. The number of amides is 2. The van der Waals surface area contributed by atoms with E-state index in [2.05, 4.69) is 10.6 Å². The number of ether oxygens (including phenoxy) is 1. The first-order valence-electron chi connectivity index (χ1n) is 11.6. The maximum Gasteiger partial charge on any atom is 0.339 e. The van der Waals surface area contributed by atoms with E-state index in [0.717, 1.165) is 42.2 Å². The maximum absolute atomic E-state index is 12.6. The molecule has 0 bridgehead atoms. The van der Waals surface area contributed by atoms with Crippen LogP contribution in [0.4, 0.5) is 0 Å². The van der Waals surface area contributed by atoms with Gasteiger partial charge in [-0.25, -0.2) is 9.59 Å². The quantitative estimate of drug-likeness (QED) is 0.477. The summed E-state index contributed by atoms with van der Waals surface area (Å²) in [5.74, 6) is -2.46. The van der Waals surface area contributed by atoms with E-state index in [9.17, 15) is 24.3 Å². The van der Waals surface area contributed by atoms with Crippen molar-refractivity contribution in [3.63, 3.8) is 0 Å². The largest absolute Gasteiger partial charge is 0.484 e. The lowest BCUT2D eigenvalue weighted by molar-refractivity contribution is -0.143. The Bertz CT molecular complexity index is 1140. The number of carboxylic acids is 1. The number of carbonyl (C=O) groups excluding carboxylic acids is 2. The third-order valence-electron chi connectivity index (χ3n) is 6.06. The van der Waals surface area contributed by atoms with E-state index >= 15 is 0 Å². The van der Waals surface area contributed by atoms with Gasteiger partial charge in [0.2, 0.25) is 5.91 Å². The van der Waals surface area contributed by atoms with Gasteiger partial charge in [-0.1, -0.05) is 27.7 Å². The van der Waals surface area contributed by atoms with Crippen molar-refractivity contribution in [2.24, 2.45) is 11.8 Å². The van der Waals surface area contributed by atoms with Crippen LogP contribution in [0.15, 0.2) is 27.4 Å². The van der Waals surface area contributed by atoms with Crippen LogP contribution in [-0.4, -0.2) is 41.6 Å². The molecule has 1 heterocycles. The Morgan fingerprint density at radius 3 is 2.26 bits per heavy atom. The highest BCUT2D eigenvalue weighted by Gasteiger charge is 2.30. The van der Waals surface area contributed by atoms with Gasteiger partial charge in [-0.2, -0.15) is 0 Å². The molecule has 0 unspecified atom stereocenters. The van der Waals surface area contributed by atoms with Gasteiger partial charge in [0.05, 0.1) is 0 Å². The molecule has 34 heavy (non-hydrogen) atoms. The molecule has 184 valence electrons. The fourth-order valence-electron chi connectivity index (χ4n) is 4.17. The smallest absolute Gasteiger partial charge is 0.339 e. The number of aryl methyl sites for hydroxylation is 1. The molecule has 2 atom stereocenters. The molecule has 1 aromatic heterocycles. The molecule has 0 spiro atoms. The van der Waals surface area contributed by atoms with Crippen LogP contribution < -0.4 is 21.0 Å².